The fourth-order valence-electron chi connectivity index (χ4n) is 1.89. The standard InChI is InChI=1S/C10H21N3O3S/c11-10(14)3-7-13-17(15,16)8-4-9-1-5-12-6-2-9/h9,12-13H,1-8H2,(H2,11,14). The summed E-state index contributed by atoms with van der Waals surface area (Å²) in [5.41, 5.74) is 4.93. The quantitative estimate of drug-likeness (QED) is 0.558. The van der Waals surface area contributed by atoms with Crippen LogP contribution in [-0.2, 0) is 14.8 Å². The van der Waals surface area contributed by atoms with Gasteiger partial charge in [0, 0.05) is 13.0 Å². The first kappa shape index (κ1) is 14.4. The van der Waals surface area contributed by atoms with Crippen LogP contribution in [0.5, 0.6) is 0 Å². The zero-order chi connectivity index (χ0) is 12.7. The topological polar surface area (TPSA) is 101 Å². The van der Waals surface area contributed by atoms with Crippen molar-refractivity contribution in [2.45, 2.75) is 25.7 Å². The lowest BCUT2D eigenvalue weighted by Crippen LogP contribution is -2.32. The molecule has 0 bridgehead atoms. The van der Waals surface area contributed by atoms with Crippen LogP contribution in [0.1, 0.15) is 25.7 Å². The molecule has 0 aromatic carbocycles. The summed E-state index contributed by atoms with van der Waals surface area (Å²) >= 11 is 0. The molecule has 1 amide bonds. The van der Waals surface area contributed by atoms with Gasteiger partial charge >= 0.3 is 0 Å². The highest BCUT2D eigenvalue weighted by Gasteiger charge is 2.17. The Hall–Kier alpha value is -0.660. The van der Waals surface area contributed by atoms with Crippen LogP contribution in [0.4, 0.5) is 0 Å². The first-order chi connectivity index (χ1) is 7.99. The Morgan fingerprint density at radius 3 is 2.59 bits per heavy atom. The third-order valence-electron chi connectivity index (χ3n) is 2.95. The van der Waals surface area contributed by atoms with E-state index in [1.807, 2.05) is 0 Å². The Balaban J connectivity index is 2.21. The molecule has 7 heteroatoms. The van der Waals surface area contributed by atoms with Gasteiger partial charge in [-0.05, 0) is 38.3 Å². The molecule has 0 aromatic rings. The SMILES string of the molecule is NC(=O)CCNS(=O)(=O)CCC1CCNCC1. The van der Waals surface area contributed by atoms with Gasteiger partial charge in [-0.3, -0.25) is 4.79 Å². The Morgan fingerprint density at radius 1 is 1.35 bits per heavy atom. The van der Waals surface area contributed by atoms with Crippen molar-refractivity contribution in [3.8, 4) is 0 Å². The fraction of sp³-hybridized carbons (Fsp3) is 0.900. The average Bonchev–Trinajstić information content (AvgIpc) is 2.27. The molecule has 17 heavy (non-hydrogen) atoms. The third kappa shape index (κ3) is 6.60. The second-order valence-corrected chi connectivity index (χ2v) is 6.34. The molecule has 0 atom stereocenters. The van der Waals surface area contributed by atoms with Gasteiger partial charge in [-0.25, -0.2) is 13.1 Å². The van der Waals surface area contributed by atoms with Crippen molar-refractivity contribution in [3.05, 3.63) is 0 Å². The van der Waals surface area contributed by atoms with E-state index in [-0.39, 0.29) is 18.7 Å². The molecule has 1 saturated heterocycles. The van der Waals surface area contributed by atoms with E-state index >= 15 is 0 Å². The highest BCUT2D eigenvalue weighted by Crippen LogP contribution is 2.16. The van der Waals surface area contributed by atoms with Crippen LogP contribution < -0.4 is 15.8 Å². The maximum atomic E-state index is 11.6. The zero-order valence-electron chi connectivity index (χ0n) is 9.94. The van der Waals surface area contributed by atoms with Gasteiger partial charge in [0.15, 0.2) is 0 Å². The van der Waals surface area contributed by atoms with Gasteiger partial charge in [0.25, 0.3) is 0 Å². The summed E-state index contributed by atoms with van der Waals surface area (Å²) in [5.74, 6) is 0.131. The number of hydrogen-bond acceptors (Lipinski definition) is 4. The Labute approximate surface area is 102 Å². The molecular weight excluding hydrogens is 242 g/mol. The predicted octanol–water partition coefficient (Wildman–Crippen LogP) is -0.829. The molecule has 1 aliphatic rings. The molecule has 0 aromatic heterocycles. The normalized spacial score (nSPS) is 18.1. The molecule has 1 heterocycles. The smallest absolute Gasteiger partial charge is 0.218 e. The highest BCUT2D eigenvalue weighted by molar-refractivity contribution is 7.89. The number of primary amides is 1. The minimum absolute atomic E-state index is 0.0482. The number of piperidine rings is 1. The lowest BCUT2D eigenvalue weighted by atomic mass is 9.96. The summed E-state index contributed by atoms with van der Waals surface area (Å²) in [4.78, 5) is 10.5. The van der Waals surface area contributed by atoms with Crippen LogP contribution in [0.3, 0.4) is 0 Å². The predicted molar refractivity (Wildman–Crippen MR) is 65.8 cm³/mol. The highest BCUT2D eigenvalue weighted by atomic mass is 32.2. The van der Waals surface area contributed by atoms with Crippen molar-refractivity contribution < 1.29 is 13.2 Å². The number of carbonyl (C=O) groups is 1. The van der Waals surface area contributed by atoms with Crippen LogP contribution in [0.15, 0.2) is 0 Å². The first-order valence-corrected chi connectivity index (χ1v) is 7.61. The molecule has 6 nitrogen and oxygen atoms in total. The molecule has 0 spiro atoms. The largest absolute Gasteiger partial charge is 0.370 e. The van der Waals surface area contributed by atoms with Crippen molar-refractivity contribution in [3.63, 3.8) is 0 Å². The van der Waals surface area contributed by atoms with Gasteiger partial charge in [0.1, 0.15) is 0 Å². The van der Waals surface area contributed by atoms with Crippen LogP contribution in [-0.4, -0.2) is 39.7 Å². The number of carbonyl (C=O) groups excluding carboxylic acids is 1. The molecule has 0 saturated carbocycles. The average molecular weight is 263 g/mol. The summed E-state index contributed by atoms with van der Waals surface area (Å²) in [7, 11) is -3.25. The van der Waals surface area contributed by atoms with Crippen molar-refractivity contribution >= 4 is 15.9 Å². The van der Waals surface area contributed by atoms with Crippen molar-refractivity contribution in [1.29, 1.82) is 0 Å². The van der Waals surface area contributed by atoms with Gasteiger partial charge in [0.2, 0.25) is 15.9 Å². The molecular formula is C10H21N3O3S. The molecule has 100 valence electrons. The lowest BCUT2D eigenvalue weighted by molar-refractivity contribution is -0.117. The van der Waals surface area contributed by atoms with Crippen LogP contribution in [0.2, 0.25) is 0 Å². The summed E-state index contributed by atoms with van der Waals surface area (Å²) < 4.78 is 25.5. The number of sulfonamides is 1. The fourth-order valence-corrected chi connectivity index (χ4v) is 3.10. The van der Waals surface area contributed by atoms with Gasteiger partial charge in [-0.15, -0.1) is 0 Å². The molecule has 0 radical (unpaired) electrons. The van der Waals surface area contributed by atoms with Crippen LogP contribution in [0, 0.1) is 5.92 Å². The van der Waals surface area contributed by atoms with Crippen LogP contribution >= 0.6 is 0 Å². The molecule has 0 aliphatic carbocycles. The summed E-state index contributed by atoms with van der Waals surface area (Å²) in [6, 6.07) is 0. The number of hydrogen-bond donors (Lipinski definition) is 3. The molecule has 4 N–H and O–H groups in total. The summed E-state index contributed by atoms with van der Waals surface area (Å²) in [6.07, 6.45) is 2.81. The Kier molecular flexibility index (Phi) is 5.87. The molecule has 1 fully saturated rings. The number of nitrogens with two attached hydrogens (primary N) is 1. The maximum absolute atomic E-state index is 11.6. The van der Waals surface area contributed by atoms with Crippen molar-refractivity contribution in [2.24, 2.45) is 11.7 Å². The second-order valence-electron chi connectivity index (χ2n) is 4.41. The van der Waals surface area contributed by atoms with E-state index in [4.69, 9.17) is 5.73 Å². The number of rotatable bonds is 7. The number of nitrogens with one attached hydrogen (secondary N) is 2. The first-order valence-electron chi connectivity index (χ1n) is 5.96. The van der Waals surface area contributed by atoms with Gasteiger partial charge < -0.3 is 11.1 Å². The van der Waals surface area contributed by atoms with E-state index in [2.05, 4.69) is 10.0 Å². The lowest BCUT2D eigenvalue weighted by Gasteiger charge is -2.22. The van der Waals surface area contributed by atoms with E-state index in [1.165, 1.54) is 0 Å². The molecule has 1 aliphatic heterocycles. The minimum atomic E-state index is -3.25. The van der Waals surface area contributed by atoms with E-state index in [0.29, 0.717) is 12.3 Å². The summed E-state index contributed by atoms with van der Waals surface area (Å²) in [6.45, 7) is 2.05. The van der Waals surface area contributed by atoms with Crippen LogP contribution in [0.25, 0.3) is 0 Å². The van der Waals surface area contributed by atoms with Crippen molar-refractivity contribution in [2.75, 3.05) is 25.4 Å². The monoisotopic (exact) mass is 263 g/mol. The number of amides is 1. The maximum Gasteiger partial charge on any atom is 0.218 e. The van der Waals surface area contributed by atoms with Gasteiger partial charge in [0.05, 0.1) is 5.75 Å². The van der Waals surface area contributed by atoms with E-state index in [0.717, 1.165) is 25.9 Å². The van der Waals surface area contributed by atoms with E-state index in [9.17, 15) is 13.2 Å². The Bertz CT molecular complexity index is 337. The Morgan fingerprint density at radius 2 is 2.00 bits per heavy atom. The van der Waals surface area contributed by atoms with E-state index < -0.39 is 15.9 Å². The summed E-state index contributed by atoms with van der Waals surface area (Å²) in [5, 5.41) is 3.24. The van der Waals surface area contributed by atoms with Gasteiger partial charge in [-0.2, -0.15) is 0 Å². The van der Waals surface area contributed by atoms with Gasteiger partial charge in [-0.1, -0.05) is 0 Å². The second kappa shape index (κ2) is 6.93. The molecule has 1 rings (SSSR count). The minimum Gasteiger partial charge on any atom is -0.370 e. The third-order valence-corrected chi connectivity index (χ3v) is 4.36. The van der Waals surface area contributed by atoms with Crippen molar-refractivity contribution in [1.82, 2.24) is 10.0 Å². The zero-order valence-corrected chi connectivity index (χ0v) is 10.8. The van der Waals surface area contributed by atoms with E-state index in [1.54, 1.807) is 0 Å². The molecule has 0 unspecified atom stereocenters.